The van der Waals surface area contributed by atoms with Crippen LogP contribution in [0.4, 0.5) is 5.69 Å². The molecule has 1 saturated heterocycles. The van der Waals surface area contributed by atoms with Crippen molar-refractivity contribution in [3.63, 3.8) is 0 Å². The Morgan fingerprint density at radius 2 is 1.92 bits per heavy atom. The Labute approximate surface area is 151 Å². The highest BCUT2D eigenvalue weighted by Gasteiger charge is 2.22. The molecule has 25 heavy (non-hydrogen) atoms. The number of sulfonamides is 1. The molecule has 1 aliphatic heterocycles. The van der Waals surface area contributed by atoms with Gasteiger partial charge in [-0.3, -0.25) is 9.10 Å². The summed E-state index contributed by atoms with van der Waals surface area (Å²) in [4.78, 5) is 14.6. The highest BCUT2D eigenvalue weighted by atomic mass is 32.2. The van der Waals surface area contributed by atoms with Gasteiger partial charge in [0.1, 0.15) is 6.54 Å². The summed E-state index contributed by atoms with van der Waals surface area (Å²) < 4.78 is 25.4. The van der Waals surface area contributed by atoms with Crippen LogP contribution >= 0.6 is 0 Å². The van der Waals surface area contributed by atoms with Crippen LogP contribution in [0.1, 0.15) is 24.8 Å². The molecule has 0 spiro atoms. The standard InChI is InChI=1S/C18H29N3O3S/c1-15-6-4-5-7-17(15)21(25(3,23)24)14-18(22)19-11-8-16-9-12-20(2)13-10-16/h4-7,16H,8-14H2,1-3H3,(H,19,22). The highest BCUT2D eigenvalue weighted by Crippen LogP contribution is 2.22. The summed E-state index contributed by atoms with van der Waals surface area (Å²) in [6, 6.07) is 7.19. The first-order valence-corrected chi connectivity index (χ1v) is 10.6. The molecule has 1 fully saturated rings. The zero-order chi connectivity index (χ0) is 18.4. The number of nitrogens with zero attached hydrogens (tertiary/aromatic N) is 2. The molecule has 0 bridgehead atoms. The number of para-hydroxylation sites is 1. The summed E-state index contributed by atoms with van der Waals surface area (Å²) in [6.45, 7) is 4.46. The lowest BCUT2D eigenvalue weighted by atomic mass is 9.94. The van der Waals surface area contributed by atoms with Gasteiger partial charge in [-0.05, 0) is 63.9 Å². The monoisotopic (exact) mass is 367 g/mol. The third kappa shape index (κ3) is 6.01. The van der Waals surface area contributed by atoms with Crippen molar-refractivity contribution >= 4 is 21.6 Å². The van der Waals surface area contributed by atoms with Gasteiger partial charge in [-0.15, -0.1) is 0 Å². The molecule has 1 amide bonds. The molecule has 1 aromatic rings. The number of likely N-dealkylation sites (tertiary alicyclic amines) is 1. The molecule has 1 aliphatic rings. The molecule has 7 heteroatoms. The molecule has 0 saturated carbocycles. The van der Waals surface area contributed by atoms with Gasteiger partial charge in [0, 0.05) is 6.54 Å². The number of hydrogen-bond donors (Lipinski definition) is 1. The van der Waals surface area contributed by atoms with Crippen LogP contribution in [0.2, 0.25) is 0 Å². The average molecular weight is 368 g/mol. The number of benzene rings is 1. The van der Waals surface area contributed by atoms with Crippen molar-refractivity contribution in [1.29, 1.82) is 0 Å². The van der Waals surface area contributed by atoms with E-state index in [4.69, 9.17) is 0 Å². The van der Waals surface area contributed by atoms with Crippen LogP contribution in [0.3, 0.4) is 0 Å². The van der Waals surface area contributed by atoms with Gasteiger partial charge in [-0.25, -0.2) is 8.42 Å². The van der Waals surface area contributed by atoms with E-state index in [2.05, 4.69) is 17.3 Å². The van der Waals surface area contributed by atoms with Crippen molar-refractivity contribution in [3.05, 3.63) is 29.8 Å². The molecule has 1 aromatic carbocycles. The number of hydrogen-bond acceptors (Lipinski definition) is 4. The van der Waals surface area contributed by atoms with E-state index in [1.54, 1.807) is 12.1 Å². The van der Waals surface area contributed by atoms with Gasteiger partial charge in [0.15, 0.2) is 0 Å². The van der Waals surface area contributed by atoms with E-state index in [0.29, 0.717) is 18.2 Å². The van der Waals surface area contributed by atoms with Crippen molar-refractivity contribution in [2.75, 3.05) is 43.8 Å². The Bertz CT molecular complexity index is 683. The zero-order valence-electron chi connectivity index (χ0n) is 15.4. The van der Waals surface area contributed by atoms with E-state index in [0.717, 1.165) is 44.2 Å². The number of aryl methyl sites for hydroxylation is 1. The van der Waals surface area contributed by atoms with Gasteiger partial charge in [-0.1, -0.05) is 18.2 Å². The van der Waals surface area contributed by atoms with Gasteiger partial charge in [-0.2, -0.15) is 0 Å². The van der Waals surface area contributed by atoms with Gasteiger partial charge >= 0.3 is 0 Å². The lowest BCUT2D eigenvalue weighted by molar-refractivity contribution is -0.119. The normalized spacial score (nSPS) is 16.6. The van der Waals surface area contributed by atoms with Crippen LogP contribution in [0.5, 0.6) is 0 Å². The second-order valence-corrected chi connectivity index (χ2v) is 8.85. The summed E-state index contributed by atoms with van der Waals surface area (Å²) in [6.07, 6.45) is 4.39. The lowest BCUT2D eigenvalue weighted by Gasteiger charge is -2.29. The Morgan fingerprint density at radius 3 is 2.52 bits per heavy atom. The highest BCUT2D eigenvalue weighted by molar-refractivity contribution is 7.92. The van der Waals surface area contributed by atoms with Crippen LogP contribution in [0.25, 0.3) is 0 Å². The van der Waals surface area contributed by atoms with Crippen LogP contribution < -0.4 is 9.62 Å². The van der Waals surface area contributed by atoms with Crippen LogP contribution in [0, 0.1) is 12.8 Å². The molecule has 0 radical (unpaired) electrons. The largest absolute Gasteiger partial charge is 0.355 e. The number of nitrogens with one attached hydrogen (secondary N) is 1. The minimum absolute atomic E-state index is 0.183. The third-order valence-corrected chi connectivity index (χ3v) is 5.91. The zero-order valence-corrected chi connectivity index (χ0v) is 16.2. The Balaban J connectivity index is 1.89. The number of anilines is 1. The fourth-order valence-corrected chi connectivity index (χ4v) is 4.09. The molecule has 0 aromatic heterocycles. The topological polar surface area (TPSA) is 69.7 Å². The van der Waals surface area contributed by atoms with Gasteiger partial charge in [0.25, 0.3) is 0 Å². The molecule has 1 heterocycles. The van der Waals surface area contributed by atoms with Crippen molar-refractivity contribution in [3.8, 4) is 0 Å². The fraction of sp³-hybridized carbons (Fsp3) is 0.611. The second-order valence-electron chi connectivity index (χ2n) is 6.94. The number of carbonyl (C=O) groups excluding carboxylic acids is 1. The minimum atomic E-state index is -3.52. The smallest absolute Gasteiger partial charge is 0.240 e. The lowest BCUT2D eigenvalue weighted by Crippen LogP contribution is -2.41. The first kappa shape index (κ1) is 19.7. The predicted molar refractivity (Wildman–Crippen MR) is 101 cm³/mol. The first-order valence-electron chi connectivity index (χ1n) is 8.76. The summed E-state index contributed by atoms with van der Waals surface area (Å²) >= 11 is 0. The number of piperidine rings is 1. The number of amides is 1. The van der Waals surface area contributed by atoms with Crippen molar-refractivity contribution in [1.82, 2.24) is 10.2 Å². The molecule has 140 valence electrons. The SMILES string of the molecule is Cc1ccccc1N(CC(=O)NCCC1CCN(C)CC1)S(C)(=O)=O. The van der Waals surface area contributed by atoms with Crippen molar-refractivity contribution < 1.29 is 13.2 Å². The molecule has 1 N–H and O–H groups in total. The fourth-order valence-electron chi connectivity index (χ4n) is 3.18. The van der Waals surface area contributed by atoms with E-state index in [1.165, 1.54) is 4.31 Å². The Kier molecular flexibility index (Phi) is 6.84. The number of carbonyl (C=O) groups is 1. The third-order valence-electron chi connectivity index (χ3n) is 4.78. The molecule has 0 atom stereocenters. The van der Waals surface area contributed by atoms with Gasteiger partial charge in [0.2, 0.25) is 15.9 Å². The molecule has 0 unspecified atom stereocenters. The van der Waals surface area contributed by atoms with Gasteiger partial charge in [0.05, 0.1) is 11.9 Å². The van der Waals surface area contributed by atoms with E-state index in [1.807, 2.05) is 19.1 Å². The summed E-state index contributed by atoms with van der Waals surface area (Å²) in [5.41, 5.74) is 1.38. The Hall–Kier alpha value is -1.60. The molecule has 6 nitrogen and oxygen atoms in total. The van der Waals surface area contributed by atoms with Crippen molar-refractivity contribution in [2.24, 2.45) is 5.92 Å². The molecule has 2 rings (SSSR count). The van der Waals surface area contributed by atoms with Crippen LogP contribution in [-0.4, -0.2) is 58.7 Å². The van der Waals surface area contributed by atoms with E-state index < -0.39 is 10.0 Å². The maximum atomic E-state index is 12.3. The maximum absolute atomic E-state index is 12.3. The van der Waals surface area contributed by atoms with Gasteiger partial charge < -0.3 is 10.2 Å². The summed E-state index contributed by atoms with van der Waals surface area (Å²) in [5.74, 6) is 0.375. The maximum Gasteiger partial charge on any atom is 0.240 e. The molecular weight excluding hydrogens is 338 g/mol. The number of rotatable bonds is 7. The molecular formula is C18H29N3O3S. The second kappa shape index (κ2) is 8.67. The minimum Gasteiger partial charge on any atom is -0.355 e. The van der Waals surface area contributed by atoms with E-state index in [9.17, 15) is 13.2 Å². The first-order chi connectivity index (χ1) is 11.8. The van der Waals surface area contributed by atoms with Crippen molar-refractivity contribution in [2.45, 2.75) is 26.2 Å². The van der Waals surface area contributed by atoms with E-state index >= 15 is 0 Å². The van der Waals surface area contributed by atoms with Crippen LogP contribution in [-0.2, 0) is 14.8 Å². The predicted octanol–water partition coefficient (Wildman–Crippen LogP) is 1.61. The quantitative estimate of drug-likeness (QED) is 0.795. The average Bonchev–Trinajstić information content (AvgIpc) is 2.54. The molecule has 0 aliphatic carbocycles. The Morgan fingerprint density at radius 1 is 1.28 bits per heavy atom. The summed E-state index contributed by atoms with van der Waals surface area (Å²) in [5, 5.41) is 2.87. The van der Waals surface area contributed by atoms with E-state index in [-0.39, 0.29) is 12.5 Å². The van der Waals surface area contributed by atoms with Crippen LogP contribution in [0.15, 0.2) is 24.3 Å². The summed E-state index contributed by atoms with van der Waals surface area (Å²) in [7, 11) is -1.39.